The summed E-state index contributed by atoms with van der Waals surface area (Å²) in [6.07, 6.45) is 4.44. The van der Waals surface area contributed by atoms with E-state index in [0.29, 0.717) is 38.1 Å². The monoisotopic (exact) mass is 677 g/mol. The Bertz CT molecular complexity index is 1880. The van der Waals surface area contributed by atoms with Crippen molar-refractivity contribution in [1.82, 2.24) is 15.6 Å². The van der Waals surface area contributed by atoms with E-state index in [9.17, 15) is 23.1 Å². The molecule has 8 N–H and O–H groups in total. The summed E-state index contributed by atoms with van der Waals surface area (Å²) in [4.78, 5) is 32.9. The highest BCUT2D eigenvalue weighted by molar-refractivity contribution is 7.92. The molecule has 246 valence electrons. The molecule has 2 aromatic heterocycles. The zero-order valence-electron chi connectivity index (χ0n) is 25.3. The molecule has 3 heterocycles. The van der Waals surface area contributed by atoms with Crippen LogP contribution >= 0.6 is 11.3 Å². The van der Waals surface area contributed by atoms with Crippen molar-refractivity contribution in [1.29, 1.82) is 0 Å². The number of nitrogens with two attached hydrogens (primary N) is 2. The lowest BCUT2D eigenvalue weighted by Gasteiger charge is -2.17. The minimum atomic E-state index is -4.26. The van der Waals surface area contributed by atoms with E-state index in [1.165, 1.54) is 6.07 Å². The van der Waals surface area contributed by atoms with Crippen molar-refractivity contribution in [2.75, 3.05) is 17.9 Å². The Balaban J connectivity index is 1.37. The Hall–Kier alpha value is -4.99. The number of sulfonamides is 1. The summed E-state index contributed by atoms with van der Waals surface area (Å²) in [6.45, 7) is 1.69. The van der Waals surface area contributed by atoms with Gasteiger partial charge in [0.2, 0.25) is 0 Å². The molecule has 0 fully saturated rings. The third-order valence-corrected chi connectivity index (χ3v) is 9.68. The number of carboxylic acid groups (broad SMARTS) is 1. The quantitative estimate of drug-likeness (QED) is 0.0615. The molecule has 0 saturated carbocycles. The molecule has 1 amide bonds. The second kappa shape index (κ2) is 15.1. The molecule has 0 aliphatic carbocycles. The Labute approximate surface area is 276 Å². The van der Waals surface area contributed by atoms with E-state index in [1.54, 1.807) is 23.8 Å². The fourth-order valence-corrected chi connectivity index (χ4v) is 7.28. The summed E-state index contributed by atoms with van der Waals surface area (Å²) in [5, 5.41) is 17.1. The van der Waals surface area contributed by atoms with Crippen molar-refractivity contribution in [3.63, 3.8) is 0 Å². The lowest BCUT2D eigenvalue weighted by atomic mass is 9.97. The highest BCUT2D eigenvalue weighted by Crippen LogP contribution is 2.39. The molecule has 1 aliphatic rings. The molecule has 47 heavy (non-hydrogen) atoms. The van der Waals surface area contributed by atoms with Crippen LogP contribution in [0.4, 0.5) is 5.69 Å². The van der Waals surface area contributed by atoms with E-state index in [0.717, 1.165) is 33.6 Å². The van der Waals surface area contributed by atoms with Crippen LogP contribution in [-0.4, -0.2) is 55.5 Å². The standard InChI is InChI=1S/C32H35N7O6S2/c33-32(34)37-12-4-8-26(31(41)42)38-30(40)29-25(10-14-46-29)39-47(43,44)27-16-23(15-21-9-13-45-28(21)27)24-7-2-1-6-22(24)19-36-18-20-5-3-11-35-17-20/h1-3,5-7,10-11,14-17,26,36,39H,4,8-9,12-13,18-19H2,(H,38,40)(H,41,42)(H4,33,34,37)/t26-/m0/s1. The third-order valence-electron chi connectivity index (χ3n) is 7.40. The summed E-state index contributed by atoms with van der Waals surface area (Å²) < 4.78 is 36.2. The number of benzene rings is 2. The number of guanidine groups is 1. The number of nitrogens with one attached hydrogen (secondary N) is 3. The van der Waals surface area contributed by atoms with Crippen LogP contribution in [0.25, 0.3) is 11.1 Å². The van der Waals surface area contributed by atoms with Crippen LogP contribution in [0.15, 0.2) is 82.3 Å². The number of ether oxygens (including phenoxy) is 1. The second-order valence-electron chi connectivity index (χ2n) is 10.8. The van der Waals surface area contributed by atoms with Crippen molar-refractivity contribution >= 4 is 44.9 Å². The number of hydrogen-bond donors (Lipinski definition) is 6. The molecule has 4 aromatic rings. The molecule has 1 atom stereocenters. The van der Waals surface area contributed by atoms with E-state index in [-0.39, 0.29) is 40.1 Å². The number of carbonyl (C=O) groups is 2. The molecule has 15 heteroatoms. The number of aliphatic imine (C=N–C) groups is 1. The van der Waals surface area contributed by atoms with Gasteiger partial charge in [0, 0.05) is 38.4 Å². The van der Waals surface area contributed by atoms with Gasteiger partial charge in [-0.1, -0.05) is 30.3 Å². The summed E-state index contributed by atoms with van der Waals surface area (Å²) in [6, 6.07) is 15.4. The SMILES string of the molecule is NC(N)=NCCC[C@H](NC(=O)c1sccc1NS(=O)(=O)c1cc(-c2ccccc2CNCc2cccnc2)cc2c1OCC2)C(=O)O. The highest BCUT2D eigenvalue weighted by Gasteiger charge is 2.30. The predicted molar refractivity (Wildman–Crippen MR) is 180 cm³/mol. The van der Waals surface area contributed by atoms with E-state index >= 15 is 0 Å². The average Bonchev–Trinajstić information content (AvgIpc) is 3.72. The van der Waals surface area contributed by atoms with Crippen LogP contribution in [0.1, 0.15) is 39.2 Å². The number of rotatable bonds is 15. The van der Waals surface area contributed by atoms with E-state index in [4.69, 9.17) is 16.2 Å². The van der Waals surface area contributed by atoms with Crippen molar-refractivity contribution in [3.05, 3.63) is 93.9 Å². The molecule has 5 rings (SSSR count). The normalized spacial score (nSPS) is 12.9. The maximum atomic E-state index is 13.9. The molecule has 0 unspecified atom stereocenters. The molecule has 0 spiro atoms. The first-order valence-electron chi connectivity index (χ1n) is 14.8. The van der Waals surface area contributed by atoms with Crippen LogP contribution in [-0.2, 0) is 34.3 Å². The van der Waals surface area contributed by atoms with Crippen molar-refractivity contribution in [2.24, 2.45) is 16.5 Å². The minimum absolute atomic E-state index is 0.0165. The maximum absolute atomic E-state index is 13.9. The van der Waals surface area contributed by atoms with E-state index < -0.39 is 27.9 Å². The number of anilines is 1. The van der Waals surface area contributed by atoms with Gasteiger partial charge in [0.15, 0.2) is 5.96 Å². The zero-order valence-corrected chi connectivity index (χ0v) is 26.9. The zero-order chi connectivity index (χ0) is 33.4. The third kappa shape index (κ3) is 8.44. The Morgan fingerprint density at radius 1 is 1.11 bits per heavy atom. The molecule has 1 aliphatic heterocycles. The van der Waals surface area contributed by atoms with Gasteiger partial charge in [-0.25, -0.2) is 13.2 Å². The number of thiophene rings is 1. The van der Waals surface area contributed by atoms with Gasteiger partial charge in [-0.15, -0.1) is 11.3 Å². The van der Waals surface area contributed by atoms with Gasteiger partial charge in [0.05, 0.1) is 12.3 Å². The smallest absolute Gasteiger partial charge is 0.326 e. The summed E-state index contributed by atoms with van der Waals surface area (Å²) >= 11 is 0.984. The fraction of sp³-hybridized carbons (Fsp3) is 0.250. The summed E-state index contributed by atoms with van der Waals surface area (Å²) in [7, 11) is -4.26. The lowest BCUT2D eigenvalue weighted by molar-refractivity contribution is -0.139. The number of fused-ring (bicyclic) bond motifs is 1. The van der Waals surface area contributed by atoms with Gasteiger partial charge in [-0.05, 0) is 70.3 Å². The fourth-order valence-electron chi connectivity index (χ4n) is 5.18. The number of aromatic nitrogens is 1. The van der Waals surface area contributed by atoms with E-state index in [2.05, 4.69) is 25.3 Å². The molecule has 0 saturated heterocycles. The number of amides is 1. The van der Waals surface area contributed by atoms with Gasteiger partial charge in [-0.3, -0.25) is 19.5 Å². The number of aliphatic carboxylic acids is 1. The van der Waals surface area contributed by atoms with Gasteiger partial charge in [0.1, 0.15) is 21.6 Å². The molecular formula is C32H35N7O6S2. The average molecular weight is 678 g/mol. The molecule has 13 nitrogen and oxygen atoms in total. The number of nitrogens with zero attached hydrogens (tertiary/aromatic N) is 2. The largest absolute Gasteiger partial charge is 0.492 e. The van der Waals surface area contributed by atoms with Gasteiger partial charge in [-0.2, -0.15) is 0 Å². The maximum Gasteiger partial charge on any atom is 0.326 e. The first kappa shape index (κ1) is 33.4. The number of carboxylic acids is 1. The van der Waals surface area contributed by atoms with E-state index in [1.807, 2.05) is 42.5 Å². The number of hydrogen-bond acceptors (Lipinski definition) is 9. The predicted octanol–water partition coefficient (Wildman–Crippen LogP) is 3.07. The molecule has 0 radical (unpaired) electrons. The Kier molecular flexibility index (Phi) is 10.7. The number of pyridine rings is 1. The Morgan fingerprint density at radius 3 is 2.70 bits per heavy atom. The molecular weight excluding hydrogens is 643 g/mol. The highest BCUT2D eigenvalue weighted by atomic mass is 32.2. The number of carbonyl (C=O) groups excluding carboxylic acids is 1. The van der Waals surface area contributed by atoms with Crippen LogP contribution in [0, 0.1) is 0 Å². The van der Waals surface area contributed by atoms with Gasteiger partial charge >= 0.3 is 5.97 Å². The van der Waals surface area contributed by atoms with Crippen LogP contribution in [0.2, 0.25) is 0 Å². The van der Waals surface area contributed by atoms with Crippen LogP contribution in [0.5, 0.6) is 5.75 Å². The van der Waals surface area contributed by atoms with Gasteiger partial charge in [0.25, 0.3) is 15.9 Å². The summed E-state index contributed by atoms with van der Waals surface area (Å²) in [5.74, 6) is -1.81. The summed E-state index contributed by atoms with van der Waals surface area (Å²) in [5.41, 5.74) is 15.0. The Morgan fingerprint density at radius 2 is 1.94 bits per heavy atom. The molecule has 2 aromatic carbocycles. The van der Waals surface area contributed by atoms with Crippen molar-refractivity contribution in [3.8, 4) is 16.9 Å². The van der Waals surface area contributed by atoms with Crippen LogP contribution in [0.3, 0.4) is 0 Å². The van der Waals surface area contributed by atoms with Crippen molar-refractivity contribution < 1.29 is 27.9 Å². The topological polar surface area (TPSA) is 211 Å². The molecule has 0 bridgehead atoms. The van der Waals surface area contributed by atoms with Crippen LogP contribution < -0.4 is 31.6 Å². The first-order chi connectivity index (χ1) is 22.6. The second-order valence-corrected chi connectivity index (χ2v) is 13.3. The minimum Gasteiger partial charge on any atom is -0.492 e. The first-order valence-corrected chi connectivity index (χ1v) is 17.2. The van der Waals surface area contributed by atoms with Crippen molar-refractivity contribution in [2.45, 2.75) is 43.3 Å². The van der Waals surface area contributed by atoms with Gasteiger partial charge < -0.3 is 31.9 Å². The lowest BCUT2D eigenvalue weighted by Crippen LogP contribution is -2.40.